The minimum atomic E-state index is -0.985. The van der Waals surface area contributed by atoms with Crippen molar-refractivity contribution in [3.05, 3.63) is 29.3 Å². The van der Waals surface area contributed by atoms with Gasteiger partial charge in [0.05, 0.1) is 17.0 Å². The molecule has 0 spiro atoms. The number of ether oxygens (including phenoxy) is 2. The lowest BCUT2D eigenvalue weighted by atomic mass is 9.80. The van der Waals surface area contributed by atoms with Gasteiger partial charge in [-0.15, -0.1) is 0 Å². The Balaban J connectivity index is 1.86. The first-order chi connectivity index (χ1) is 11.4. The van der Waals surface area contributed by atoms with Crippen LogP contribution in [-0.2, 0) is 16.1 Å². The molecule has 2 aliphatic heterocycles. The van der Waals surface area contributed by atoms with Gasteiger partial charge in [-0.2, -0.15) is 0 Å². The summed E-state index contributed by atoms with van der Waals surface area (Å²) in [7, 11) is 0. The summed E-state index contributed by atoms with van der Waals surface area (Å²) >= 11 is 0. The van der Waals surface area contributed by atoms with E-state index in [4.69, 9.17) is 14.6 Å². The molecule has 2 aliphatic rings. The second kappa shape index (κ2) is 6.43. The number of fused-ring (bicyclic) bond motifs is 1. The van der Waals surface area contributed by atoms with Gasteiger partial charge in [0, 0.05) is 25.3 Å². The van der Waals surface area contributed by atoms with Crippen molar-refractivity contribution < 1.29 is 24.2 Å². The molecule has 6 heteroatoms. The van der Waals surface area contributed by atoms with Gasteiger partial charge in [0.25, 0.3) is 0 Å². The highest BCUT2D eigenvalue weighted by Crippen LogP contribution is 2.35. The number of carbonyl (C=O) groups is 2. The van der Waals surface area contributed by atoms with Gasteiger partial charge in [-0.3, -0.25) is 4.79 Å². The largest absolute Gasteiger partial charge is 0.491 e. The van der Waals surface area contributed by atoms with Crippen LogP contribution in [0.4, 0.5) is 0 Å². The normalized spacial score (nSPS) is 22.9. The van der Waals surface area contributed by atoms with E-state index in [2.05, 4.69) is 0 Å². The van der Waals surface area contributed by atoms with Crippen molar-refractivity contribution in [3.8, 4) is 5.75 Å². The van der Waals surface area contributed by atoms with Crippen LogP contribution in [0.25, 0.3) is 0 Å². The first kappa shape index (κ1) is 16.8. The number of carbonyl (C=O) groups excluding carboxylic acids is 1. The number of hydrogen-bond acceptors (Lipinski definition) is 4. The molecule has 130 valence electrons. The number of carboxylic acid groups (broad SMARTS) is 1. The zero-order chi connectivity index (χ0) is 17.3. The van der Waals surface area contributed by atoms with Crippen molar-refractivity contribution in [2.45, 2.75) is 39.3 Å². The molecule has 0 aliphatic carbocycles. The van der Waals surface area contributed by atoms with Crippen LogP contribution in [0.2, 0.25) is 0 Å². The van der Waals surface area contributed by atoms with Crippen molar-refractivity contribution in [1.82, 2.24) is 4.90 Å². The van der Waals surface area contributed by atoms with Gasteiger partial charge in [0.1, 0.15) is 12.4 Å². The lowest BCUT2D eigenvalue weighted by Gasteiger charge is -2.38. The molecule has 0 saturated carbocycles. The number of rotatable bonds is 2. The van der Waals surface area contributed by atoms with Crippen molar-refractivity contribution in [2.24, 2.45) is 5.41 Å². The van der Waals surface area contributed by atoms with Crippen LogP contribution in [-0.4, -0.2) is 47.7 Å². The smallest absolute Gasteiger partial charge is 0.335 e. The second-order valence-electron chi connectivity index (χ2n) is 6.89. The van der Waals surface area contributed by atoms with E-state index in [-0.39, 0.29) is 17.5 Å². The predicted octanol–water partition coefficient (Wildman–Crippen LogP) is 2.31. The Hall–Kier alpha value is -2.08. The Bertz CT molecular complexity index is 651. The molecule has 0 unspecified atom stereocenters. The van der Waals surface area contributed by atoms with Gasteiger partial charge in [-0.25, -0.2) is 4.79 Å². The Morgan fingerprint density at radius 3 is 2.67 bits per heavy atom. The Labute approximate surface area is 141 Å². The molecule has 24 heavy (non-hydrogen) atoms. The summed E-state index contributed by atoms with van der Waals surface area (Å²) in [6.07, 6.45) is 1.45. The Kier molecular flexibility index (Phi) is 4.49. The maximum atomic E-state index is 13.1. The molecule has 1 fully saturated rings. The average Bonchev–Trinajstić information content (AvgIpc) is 2.73. The summed E-state index contributed by atoms with van der Waals surface area (Å²) in [6.45, 7) is 5.98. The van der Waals surface area contributed by atoms with E-state index in [1.807, 2.05) is 18.7 Å². The molecule has 0 radical (unpaired) electrons. The fourth-order valence-electron chi connectivity index (χ4n) is 3.25. The maximum absolute atomic E-state index is 13.1. The Morgan fingerprint density at radius 1 is 1.29 bits per heavy atom. The topological polar surface area (TPSA) is 76.1 Å². The molecule has 1 amide bonds. The number of nitrogens with zero attached hydrogens (tertiary/aromatic N) is 1. The van der Waals surface area contributed by atoms with E-state index in [0.29, 0.717) is 32.1 Å². The molecular formula is C18H23NO5. The van der Waals surface area contributed by atoms with E-state index in [9.17, 15) is 9.59 Å². The van der Waals surface area contributed by atoms with Crippen LogP contribution in [0.1, 0.15) is 42.6 Å². The molecule has 3 rings (SSSR count). The van der Waals surface area contributed by atoms with Crippen molar-refractivity contribution >= 4 is 11.9 Å². The fourth-order valence-corrected chi connectivity index (χ4v) is 3.25. The van der Waals surface area contributed by atoms with Gasteiger partial charge in [0.15, 0.2) is 0 Å². The second-order valence-corrected chi connectivity index (χ2v) is 6.89. The summed E-state index contributed by atoms with van der Waals surface area (Å²) in [5.41, 5.74) is 0.629. The SMILES string of the molecule is C[C@H]1COc2cc(C(=O)O)ccc2CN1C(=O)C1(C)CCOCC1. The van der Waals surface area contributed by atoms with Crippen LogP contribution in [0.5, 0.6) is 5.75 Å². The molecular weight excluding hydrogens is 310 g/mol. The summed E-state index contributed by atoms with van der Waals surface area (Å²) in [5.74, 6) is -0.312. The molecule has 2 heterocycles. The third-order valence-corrected chi connectivity index (χ3v) is 5.04. The van der Waals surface area contributed by atoms with Crippen molar-refractivity contribution in [2.75, 3.05) is 19.8 Å². The van der Waals surface area contributed by atoms with Gasteiger partial charge in [-0.1, -0.05) is 13.0 Å². The molecule has 1 aromatic rings. The fraction of sp³-hybridized carbons (Fsp3) is 0.556. The zero-order valence-corrected chi connectivity index (χ0v) is 14.1. The number of aromatic carboxylic acids is 1. The first-order valence-electron chi connectivity index (χ1n) is 8.28. The highest BCUT2D eigenvalue weighted by atomic mass is 16.5. The lowest BCUT2D eigenvalue weighted by Crippen LogP contribution is -2.49. The average molecular weight is 333 g/mol. The lowest BCUT2D eigenvalue weighted by molar-refractivity contribution is -0.149. The van der Waals surface area contributed by atoms with Crippen LogP contribution in [0, 0.1) is 5.41 Å². The van der Waals surface area contributed by atoms with E-state index in [0.717, 1.165) is 18.4 Å². The van der Waals surface area contributed by atoms with E-state index >= 15 is 0 Å². The van der Waals surface area contributed by atoms with Crippen LogP contribution >= 0.6 is 0 Å². The minimum absolute atomic E-state index is 0.0714. The standard InChI is InChI=1S/C18H23NO5/c1-12-11-24-15-9-13(16(20)21)3-4-14(15)10-19(12)17(22)18(2)5-7-23-8-6-18/h3-4,9,12H,5-8,10-11H2,1-2H3,(H,20,21)/t12-/m0/s1. The quantitative estimate of drug-likeness (QED) is 0.899. The third kappa shape index (κ3) is 3.11. The van der Waals surface area contributed by atoms with Crippen LogP contribution in [0.3, 0.4) is 0 Å². The molecule has 1 N–H and O–H groups in total. The molecule has 1 saturated heterocycles. The summed E-state index contributed by atoms with van der Waals surface area (Å²) in [6, 6.07) is 4.76. The monoisotopic (exact) mass is 333 g/mol. The summed E-state index contributed by atoms with van der Waals surface area (Å²) in [4.78, 5) is 26.1. The Morgan fingerprint density at radius 2 is 2.00 bits per heavy atom. The molecule has 6 nitrogen and oxygen atoms in total. The first-order valence-corrected chi connectivity index (χ1v) is 8.28. The van der Waals surface area contributed by atoms with Crippen molar-refractivity contribution in [3.63, 3.8) is 0 Å². The molecule has 1 aromatic carbocycles. The number of hydrogen-bond donors (Lipinski definition) is 1. The summed E-state index contributed by atoms with van der Waals surface area (Å²) < 4.78 is 11.2. The number of amides is 1. The van der Waals surface area contributed by atoms with Gasteiger partial charge < -0.3 is 19.5 Å². The van der Waals surface area contributed by atoms with Gasteiger partial charge in [-0.05, 0) is 31.9 Å². The third-order valence-electron chi connectivity index (χ3n) is 5.04. The van der Waals surface area contributed by atoms with Crippen molar-refractivity contribution in [1.29, 1.82) is 0 Å². The number of benzene rings is 1. The molecule has 0 bridgehead atoms. The predicted molar refractivity (Wildman–Crippen MR) is 87.1 cm³/mol. The number of carboxylic acids is 1. The van der Waals surface area contributed by atoms with Gasteiger partial charge >= 0.3 is 5.97 Å². The van der Waals surface area contributed by atoms with Crippen LogP contribution in [0.15, 0.2) is 18.2 Å². The van der Waals surface area contributed by atoms with Crippen LogP contribution < -0.4 is 4.74 Å². The maximum Gasteiger partial charge on any atom is 0.335 e. The highest BCUT2D eigenvalue weighted by Gasteiger charge is 2.40. The minimum Gasteiger partial charge on any atom is -0.491 e. The van der Waals surface area contributed by atoms with E-state index < -0.39 is 11.4 Å². The molecule has 0 aromatic heterocycles. The summed E-state index contributed by atoms with van der Waals surface area (Å²) in [5, 5.41) is 9.12. The zero-order valence-electron chi connectivity index (χ0n) is 14.1. The van der Waals surface area contributed by atoms with Gasteiger partial charge in [0.2, 0.25) is 5.91 Å². The highest BCUT2D eigenvalue weighted by molar-refractivity contribution is 5.88. The van der Waals surface area contributed by atoms with E-state index in [1.165, 1.54) is 6.07 Å². The molecule has 1 atom stereocenters. The van der Waals surface area contributed by atoms with E-state index in [1.54, 1.807) is 12.1 Å².